The molecule has 0 saturated heterocycles. The minimum atomic E-state index is -0.184. The SMILES string of the molecule is Cc1[nH]c2ccc(C(=O)Nc3nc(-c4ccc(C#N)cc4)cs3)cc2c1C. The molecule has 0 aliphatic carbocycles. The van der Waals surface area contributed by atoms with E-state index in [0.717, 1.165) is 33.4 Å². The van der Waals surface area contributed by atoms with Crippen LogP contribution in [0.5, 0.6) is 0 Å². The van der Waals surface area contributed by atoms with Crippen LogP contribution in [0.25, 0.3) is 22.2 Å². The van der Waals surface area contributed by atoms with Crippen LogP contribution < -0.4 is 5.32 Å². The maximum Gasteiger partial charge on any atom is 0.257 e. The first-order chi connectivity index (χ1) is 13.0. The molecule has 0 bridgehead atoms. The third-order valence-electron chi connectivity index (χ3n) is 4.60. The summed E-state index contributed by atoms with van der Waals surface area (Å²) >= 11 is 1.37. The van der Waals surface area contributed by atoms with Gasteiger partial charge in [0.2, 0.25) is 0 Å². The van der Waals surface area contributed by atoms with E-state index in [1.165, 1.54) is 11.3 Å². The highest BCUT2D eigenvalue weighted by Crippen LogP contribution is 2.26. The van der Waals surface area contributed by atoms with Gasteiger partial charge < -0.3 is 4.98 Å². The summed E-state index contributed by atoms with van der Waals surface area (Å²) in [6.45, 7) is 4.07. The standard InChI is InChI=1S/C21H16N4OS/c1-12-13(2)23-18-8-7-16(9-17(12)18)20(26)25-21-24-19(11-27-21)15-5-3-14(10-22)4-6-15/h3-9,11,23H,1-2H3,(H,24,25,26). The van der Waals surface area contributed by atoms with Crippen LogP contribution in [0.15, 0.2) is 47.8 Å². The molecule has 0 atom stereocenters. The summed E-state index contributed by atoms with van der Waals surface area (Å²) in [5, 5.41) is 15.2. The molecule has 132 valence electrons. The average molecular weight is 372 g/mol. The normalized spacial score (nSPS) is 10.7. The third-order valence-corrected chi connectivity index (χ3v) is 5.36. The van der Waals surface area contributed by atoms with Crippen LogP contribution >= 0.6 is 11.3 Å². The molecular formula is C21H16N4OS. The zero-order valence-electron chi connectivity index (χ0n) is 14.8. The maximum atomic E-state index is 12.6. The monoisotopic (exact) mass is 372 g/mol. The average Bonchev–Trinajstić information content (AvgIpc) is 3.26. The number of hydrogen-bond acceptors (Lipinski definition) is 4. The fourth-order valence-corrected chi connectivity index (χ4v) is 3.67. The Morgan fingerprint density at radius 3 is 2.70 bits per heavy atom. The first kappa shape index (κ1) is 17.0. The van der Waals surface area contributed by atoms with Gasteiger partial charge in [0.05, 0.1) is 17.3 Å². The Labute approximate surface area is 160 Å². The van der Waals surface area contributed by atoms with Crippen LogP contribution in [0.3, 0.4) is 0 Å². The highest BCUT2D eigenvalue weighted by atomic mass is 32.1. The number of carbonyl (C=O) groups excluding carboxylic acids is 1. The maximum absolute atomic E-state index is 12.6. The number of hydrogen-bond donors (Lipinski definition) is 2. The van der Waals surface area contributed by atoms with Crippen molar-refractivity contribution in [2.45, 2.75) is 13.8 Å². The molecule has 0 fully saturated rings. The number of rotatable bonds is 3. The van der Waals surface area contributed by atoms with Gasteiger partial charge >= 0.3 is 0 Å². The number of benzene rings is 2. The minimum absolute atomic E-state index is 0.184. The van der Waals surface area contributed by atoms with Crippen molar-refractivity contribution in [2.24, 2.45) is 0 Å². The van der Waals surface area contributed by atoms with Gasteiger partial charge in [0.25, 0.3) is 5.91 Å². The van der Waals surface area contributed by atoms with Gasteiger partial charge in [-0.25, -0.2) is 4.98 Å². The van der Waals surface area contributed by atoms with Crippen molar-refractivity contribution in [3.8, 4) is 17.3 Å². The zero-order valence-corrected chi connectivity index (χ0v) is 15.6. The van der Waals surface area contributed by atoms with E-state index in [1.54, 1.807) is 12.1 Å². The molecule has 6 heteroatoms. The molecule has 0 aliphatic rings. The third kappa shape index (κ3) is 3.21. The number of amides is 1. The minimum Gasteiger partial charge on any atom is -0.358 e. The van der Waals surface area contributed by atoms with Crippen molar-refractivity contribution < 1.29 is 4.79 Å². The molecule has 2 aromatic heterocycles. The summed E-state index contributed by atoms with van der Waals surface area (Å²) in [5.74, 6) is -0.184. The molecule has 2 N–H and O–H groups in total. The lowest BCUT2D eigenvalue weighted by Crippen LogP contribution is -2.11. The lowest BCUT2D eigenvalue weighted by atomic mass is 10.1. The van der Waals surface area contributed by atoms with E-state index in [9.17, 15) is 4.79 Å². The largest absolute Gasteiger partial charge is 0.358 e. The summed E-state index contributed by atoms with van der Waals surface area (Å²) in [5.41, 5.74) is 6.16. The van der Waals surface area contributed by atoms with E-state index in [2.05, 4.69) is 21.4 Å². The molecule has 0 spiro atoms. The predicted octanol–water partition coefficient (Wildman–Crippen LogP) is 5.03. The number of carbonyl (C=O) groups is 1. The number of fused-ring (bicyclic) bond motifs is 1. The molecule has 2 heterocycles. The summed E-state index contributed by atoms with van der Waals surface area (Å²) in [4.78, 5) is 20.4. The number of thiazole rings is 1. The van der Waals surface area contributed by atoms with Gasteiger partial charge in [0, 0.05) is 33.1 Å². The summed E-state index contributed by atoms with van der Waals surface area (Å²) in [6.07, 6.45) is 0. The van der Waals surface area contributed by atoms with E-state index in [1.807, 2.05) is 49.6 Å². The van der Waals surface area contributed by atoms with E-state index < -0.39 is 0 Å². The van der Waals surface area contributed by atoms with Crippen molar-refractivity contribution >= 4 is 33.3 Å². The second-order valence-corrected chi connectivity index (χ2v) is 7.17. The summed E-state index contributed by atoms with van der Waals surface area (Å²) < 4.78 is 0. The van der Waals surface area contributed by atoms with Crippen molar-refractivity contribution in [3.05, 3.63) is 70.2 Å². The van der Waals surface area contributed by atoms with E-state index in [-0.39, 0.29) is 5.91 Å². The Hall–Kier alpha value is -3.43. The Morgan fingerprint density at radius 2 is 1.96 bits per heavy atom. The number of nitriles is 1. The summed E-state index contributed by atoms with van der Waals surface area (Å²) in [6, 6.07) is 14.9. The molecule has 4 rings (SSSR count). The van der Waals surface area contributed by atoms with Crippen LogP contribution in [-0.2, 0) is 0 Å². The number of nitrogens with one attached hydrogen (secondary N) is 2. The Morgan fingerprint density at radius 1 is 1.19 bits per heavy atom. The van der Waals surface area contributed by atoms with Gasteiger partial charge in [-0.15, -0.1) is 11.3 Å². The number of nitrogens with zero attached hydrogens (tertiary/aromatic N) is 2. The van der Waals surface area contributed by atoms with E-state index in [4.69, 9.17) is 5.26 Å². The highest BCUT2D eigenvalue weighted by molar-refractivity contribution is 7.14. The fourth-order valence-electron chi connectivity index (χ4n) is 2.95. The molecule has 4 aromatic rings. The van der Waals surface area contributed by atoms with Gasteiger partial charge in [-0.1, -0.05) is 12.1 Å². The van der Waals surface area contributed by atoms with Crippen molar-refractivity contribution in [2.75, 3.05) is 5.32 Å². The van der Waals surface area contributed by atoms with Crippen LogP contribution in [0, 0.1) is 25.2 Å². The van der Waals surface area contributed by atoms with Gasteiger partial charge in [0.15, 0.2) is 5.13 Å². The number of aromatic amines is 1. The van der Waals surface area contributed by atoms with Crippen LogP contribution in [0.1, 0.15) is 27.2 Å². The first-order valence-electron chi connectivity index (χ1n) is 8.41. The molecule has 0 saturated carbocycles. The molecular weight excluding hydrogens is 356 g/mol. The summed E-state index contributed by atoms with van der Waals surface area (Å²) in [7, 11) is 0. The molecule has 5 nitrogen and oxygen atoms in total. The van der Waals surface area contributed by atoms with E-state index >= 15 is 0 Å². The van der Waals surface area contributed by atoms with Crippen molar-refractivity contribution in [3.63, 3.8) is 0 Å². The zero-order chi connectivity index (χ0) is 19.0. The quantitative estimate of drug-likeness (QED) is 0.529. The lowest BCUT2D eigenvalue weighted by Gasteiger charge is -2.03. The molecule has 0 unspecified atom stereocenters. The number of H-pyrrole nitrogens is 1. The Bertz CT molecular complexity index is 1200. The van der Waals surface area contributed by atoms with Crippen LogP contribution in [-0.4, -0.2) is 15.9 Å². The Balaban J connectivity index is 1.55. The van der Waals surface area contributed by atoms with Gasteiger partial charge in [-0.05, 0) is 49.7 Å². The van der Waals surface area contributed by atoms with Crippen molar-refractivity contribution in [1.29, 1.82) is 5.26 Å². The molecule has 0 radical (unpaired) electrons. The molecule has 1 amide bonds. The van der Waals surface area contributed by atoms with Gasteiger partial charge in [-0.3, -0.25) is 10.1 Å². The Kier molecular flexibility index (Phi) is 4.22. The number of anilines is 1. The number of aryl methyl sites for hydroxylation is 2. The van der Waals surface area contributed by atoms with Gasteiger partial charge in [0.1, 0.15) is 0 Å². The molecule has 0 aliphatic heterocycles. The topological polar surface area (TPSA) is 81.6 Å². The fraction of sp³-hybridized carbons (Fsp3) is 0.0952. The van der Waals surface area contributed by atoms with Crippen LogP contribution in [0.2, 0.25) is 0 Å². The van der Waals surface area contributed by atoms with Crippen molar-refractivity contribution in [1.82, 2.24) is 9.97 Å². The first-order valence-corrected chi connectivity index (χ1v) is 9.29. The number of aromatic nitrogens is 2. The highest BCUT2D eigenvalue weighted by Gasteiger charge is 2.12. The molecule has 2 aromatic carbocycles. The van der Waals surface area contributed by atoms with Crippen LogP contribution in [0.4, 0.5) is 5.13 Å². The van der Waals surface area contributed by atoms with Gasteiger partial charge in [-0.2, -0.15) is 5.26 Å². The molecule has 27 heavy (non-hydrogen) atoms. The second kappa shape index (κ2) is 6.71. The smallest absolute Gasteiger partial charge is 0.257 e. The van der Waals surface area contributed by atoms with E-state index in [0.29, 0.717) is 16.3 Å². The predicted molar refractivity (Wildman–Crippen MR) is 108 cm³/mol. The second-order valence-electron chi connectivity index (χ2n) is 6.32. The lowest BCUT2D eigenvalue weighted by molar-refractivity contribution is 0.102.